The summed E-state index contributed by atoms with van der Waals surface area (Å²) in [6.07, 6.45) is 4.03. The van der Waals surface area contributed by atoms with Crippen molar-refractivity contribution in [2.24, 2.45) is 0 Å². The van der Waals surface area contributed by atoms with E-state index in [0.29, 0.717) is 41.5 Å². The van der Waals surface area contributed by atoms with Gasteiger partial charge in [0.15, 0.2) is 5.65 Å². The van der Waals surface area contributed by atoms with E-state index < -0.39 is 23.1 Å². The molecule has 2 aromatic carbocycles. The van der Waals surface area contributed by atoms with Gasteiger partial charge in [-0.2, -0.15) is 0 Å². The monoisotopic (exact) mass is 585 g/mol. The number of hydrogen-bond acceptors (Lipinski definition) is 6. The first-order chi connectivity index (χ1) is 20.8. The van der Waals surface area contributed by atoms with E-state index in [1.54, 1.807) is 16.8 Å². The van der Waals surface area contributed by atoms with Crippen LogP contribution in [0.4, 0.5) is 14.6 Å². The predicted octanol–water partition coefficient (Wildman–Crippen LogP) is 4.51. The first-order valence-corrected chi connectivity index (χ1v) is 14.1. The van der Waals surface area contributed by atoms with Crippen molar-refractivity contribution >= 4 is 22.9 Å². The maximum absolute atomic E-state index is 13.8. The van der Waals surface area contributed by atoms with Crippen molar-refractivity contribution in [1.29, 1.82) is 0 Å². The van der Waals surface area contributed by atoms with Crippen LogP contribution in [-0.2, 0) is 19.6 Å². The Kier molecular flexibility index (Phi) is 7.58. The zero-order valence-corrected chi connectivity index (χ0v) is 23.4. The highest BCUT2D eigenvalue weighted by Crippen LogP contribution is 2.32. The van der Waals surface area contributed by atoms with Crippen LogP contribution >= 0.6 is 0 Å². The maximum atomic E-state index is 13.8. The Morgan fingerprint density at radius 3 is 2.33 bits per heavy atom. The lowest BCUT2D eigenvalue weighted by atomic mass is 10.1. The molecule has 0 saturated heterocycles. The molecule has 0 unspecified atom stereocenters. The van der Waals surface area contributed by atoms with Crippen LogP contribution in [0.3, 0.4) is 0 Å². The molecule has 3 heterocycles. The number of halogens is 2. The number of anilines is 1. The molecule has 1 fully saturated rings. The van der Waals surface area contributed by atoms with E-state index in [-0.39, 0.29) is 23.8 Å². The lowest BCUT2D eigenvalue weighted by Gasteiger charge is -2.09. The number of pyridine rings is 1. The van der Waals surface area contributed by atoms with Gasteiger partial charge in [0.05, 0.1) is 0 Å². The van der Waals surface area contributed by atoms with E-state index in [1.807, 2.05) is 37.3 Å². The number of fused-ring (bicyclic) bond motifs is 1. The number of carbonyl (C=O) groups excluding carboxylic acids is 1. The Balaban J connectivity index is 1.10. The molecule has 1 amide bonds. The van der Waals surface area contributed by atoms with Crippen molar-refractivity contribution < 1.29 is 13.6 Å². The Bertz CT molecular complexity index is 1900. The molecule has 1 aliphatic carbocycles. The SMILES string of the molecule is CCCn1c(=O)n(C2CC2)c(=O)c2[nH]c(-c3ccc(NCc4ccc(CNC(=O)c5c(F)cccc5F)cc4)nc3)nc21. The summed E-state index contributed by atoms with van der Waals surface area (Å²) in [6, 6.07) is 14.3. The lowest BCUT2D eigenvalue weighted by molar-refractivity contribution is 0.0942. The number of amides is 1. The summed E-state index contributed by atoms with van der Waals surface area (Å²) in [5.74, 6) is -1.54. The number of imidazole rings is 1. The van der Waals surface area contributed by atoms with Gasteiger partial charge >= 0.3 is 5.69 Å². The predicted molar refractivity (Wildman–Crippen MR) is 158 cm³/mol. The topological polar surface area (TPSA) is 127 Å². The van der Waals surface area contributed by atoms with Gasteiger partial charge in [-0.25, -0.2) is 23.5 Å². The summed E-state index contributed by atoms with van der Waals surface area (Å²) in [7, 11) is 0. The fourth-order valence-corrected chi connectivity index (χ4v) is 4.94. The molecule has 6 rings (SSSR count). The van der Waals surface area contributed by atoms with Crippen LogP contribution in [0.5, 0.6) is 0 Å². The number of rotatable bonds is 10. The molecule has 0 radical (unpaired) electrons. The van der Waals surface area contributed by atoms with E-state index in [1.165, 1.54) is 10.6 Å². The number of aromatic nitrogens is 5. The molecule has 0 atom stereocenters. The standard InChI is InChI=1S/C31H29F2N7O3/c1-2-14-39-28-26(30(42)40(31(39)43)21-11-12-21)37-27(38-28)20-10-13-24(35-17-20)34-15-18-6-8-19(9-7-18)16-36-29(41)25-22(32)4-3-5-23(25)33/h3-10,13,17,21H,2,11-12,14-16H2,1H3,(H,34,35)(H,36,41)(H,37,38). The lowest BCUT2D eigenvalue weighted by Crippen LogP contribution is -2.39. The molecular weight excluding hydrogens is 556 g/mol. The highest BCUT2D eigenvalue weighted by Gasteiger charge is 2.30. The van der Waals surface area contributed by atoms with Crippen molar-refractivity contribution in [3.05, 3.63) is 110 Å². The van der Waals surface area contributed by atoms with Gasteiger partial charge < -0.3 is 15.6 Å². The van der Waals surface area contributed by atoms with Gasteiger partial charge in [-0.05, 0) is 54.7 Å². The second-order valence-electron chi connectivity index (χ2n) is 10.5. The summed E-state index contributed by atoms with van der Waals surface area (Å²) in [5, 5.41) is 5.78. The third-order valence-electron chi connectivity index (χ3n) is 7.35. The number of benzene rings is 2. The van der Waals surface area contributed by atoms with Gasteiger partial charge in [0, 0.05) is 37.4 Å². The van der Waals surface area contributed by atoms with Crippen LogP contribution in [0.15, 0.2) is 70.4 Å². The summed E-state index contributed by atoms with van der Waals surface area (Å²) >= 11 is 0. The molecule has 0 aliphatic heterocycles. The second kappa shape index (κ2) is 11.6. The normalized spacial score (nSPS) is 12.9. The Hall–Kier alpha value is -5.13. The van der Waals surface area contributed by atoms with Crippen molar-refractivity contribution in [3.63, 3.8) is 0 Å². The number of carbonyl (C=O) groups is 1. The Morgan fingerprint density at radius 2 is 1.70 bits per heavy atom. The van der Waals surface area contributed by atoms with Crippen molar-refractivity contribution in [2.45, 2.75) is 51.9 Å². The van der Waals surface area contributed by atoms with Gasteiger partial charge in [-0.3, -0.25) is 18.7 Å². The summed E-state index contributed by atoms with van der Waals surface area (Å²) < 4.78 is 30.6. The third-order valence-corrected chi connectivity index (χ3v) is 7.35. The van der Waals surface area contributed by atoms with Crippen LogP contribution in [0.2, 0.25) is 0 Å². The van der Waals surface area contributed by atoms with E-state index in [4.69, 9.17) is 0 Å². The Morgan fingerprint density at radius 1 is 1.00 bits per heavy atom. The second-order valence-corrected chi connectivity index (χ2v) is 10.5. The smallest absolute Gasteiger partial charge is 0.333 e. The van der Waals surface area contributed by atoms with Crippen LogP contribution in [0.25, 0.3) is 22.6 Å². The summed E-state index contributed by atoms with van der Waals surface area (Å²) in [6.45, 7) is 3.04. The van der Waals surface area contributed by atoms with Gasteiger partial charge in [-0.15, -0.1) is 0 Å². The summed E-state index contributed by atoms with van der Waals surface area (Å²) in [5.41, 5.74) is 1.83. The average molecular weight is 586 g/mol. The number of hydrogen-bond donors (Lipinski definition) is 3. The average Bonchev–Trinajstić information content (AvgIpc) is 3.74. The number of aryl methyl sites for hydroxylation is 1. The molecule has 10 nitrogen and oxygen atoms in total. The minimum Gasteiger partial charge on any atom is -0.366 e. The molecule has 1 aliphatic rings. The number of aromatic amines is 1. The van der Waals surface area contributed by atoms with E-state index >= 15 is 0 Å². The highest BCUT2D eigenvalue weighted by molar-refractivity contribution is 5.94. The van der Waals surface area contributed by atoms with Crippen LogP contribution in [0.1, 0.15) is 53.7 Å². The fraction of sp³-hybridized carbons (Fsp3) is 0.258. The minimum atomic E-state index is -0.908. The Labute approximate surface area is 244 Å². The van der Waals surface area contributed by atoms with Gasteiger partial charge in [0.25, 0.3) is 11.5 Å². The van der Waals surface area contributed by atoms with Crippen LogP contribution in [0, 0.1) is 11.6 Å². The zero-order chi connectivity index (χ0) is 30.1. The largest absolute Gasteiger partial charge is 0.366 e. The molecule has 5 aromatic rings. The zero-order valence-electron chi connectivity index (χ0n) is 23.4. The highest BCUT2D eigenvalue weighted by atomic mass is 19.1. The number of nitrogens with zero attached hydrogens (tertiary/aromatic N) is 4. The van der Waals surface area contributed by atoms with E-state index in [9.17, 15) is 23.2 Å². The van der Waals surface area contributed by atoms with Gasteiger partial charge in [-0.1, -0.05) is 37.3 Å². The number of H-pyrrole nitrogens is 1. The molecule has 12 heteroatoms. The molecule has 1 saturated carbocycles. The van der Waals surface area contributed by atoms with Crippen molar-refractivity contribution in [1.82, 2.24) is 29.4 Å². The van der Waals surface area contributed by atoms with Crippen LogP contribution in [-0.4, -0.2) is 30.0 Å². The molecular formula is C31H29F2N7O3. The maximum Gasteiger partial charge on any atom is 0.333 e. The van der Waals surface area contributed by atoms with Crippen molar-refractivity contribution in [3.8, 4) is 11.4 Å². The molecule has 43 heavy (non-hydrogen) atoms. The van der Waals surface area contributed by atoms with Crippen molar-refractivity contribution in [2.75, 3.05) is 5.32 Å². The van der Waals surface area contributed by atoms with E-state index in [2.05, 4.69) is 25.6 Å². The van der Waals surface area contributed by atoms with Gasteiger partial charge in [0.1, 0.15) is 34.4 Å². The molecule has 3 N–H and O–H groups in total. The molecule has 220 valence electrons. The minimum absolute atomic E-state index is 0.0418. The molecule has 0 spiro atoms. The molecule has 0 bridgehead atoms. The number of nitrogens with one attached hydrogen (secondary N) is 3. The third kappa shape index (κ3) is 5.68. The molecule has 3 aromatic heterocycles. The first-order valence-electron chi connectivity index (χ1n) is 14.1. The van der Waals surface area contributed by atoms with E-state index in [0.717, 1.165) is 42.5 Å². The quantitative estimate of drug-likeness (QED) is 0.221. The summed E-state index contributed by atoms with van der Waals surface area (Å²) in [4.78, 5) is 50.5. The van der Waals surface area contributed by atoms with Crippen LogP contribution < -0.4 is 21.9 Å². The van der Waals surface area contributed by atoms with Gasteiger partial charge in [0.2, 0.25) is 0 Å². The first kappa shape index (κ1) is 28.0. The fourth-order valence-electron chi connectivity index (χ4n) is 4.94.